The average molecular weight is 288 g/mol. The molecule has 0 spiro atoms. The van der Waals surface area contributed by atoms with Crippen LogP contribution >= 0.6 is 11.3 Å². The number of amides is 2. The lowest BCUT2D eigenvalue weighted by Crippen LogP contribution is -2.24. The first-order chi connectivity index (χ1) is 9.66. The maximum Gasteiger partial charge on any atom is 0.249 e. The molecule has 0 aliphatic rings. The van der Waals surface area contributed by atoms with E-state index in [2.05, 4.69) is 5.32 Å². The van der Waals surface area contributed by atoms with Crippen LogP contribution in [-0.4, -0.2) is 11.8 Å². The van der Waals surface area contributed by atoms with Crippen LogP contribution in [-0.2, 0) is 17.8 Å². The summed E-state index contributed by atoms with van der Waals surface area (Å²) in [7, 11) is 0. The highest BCUT2D eigenvalue weighted by Crippen LogP contribution is 2.15. The van der Waals surface area contributed by atoms with Gasteiger partial charge in [-0.2, -0.15) is 0 Å². The van der Waals surface area contributed by atoms with Crippen molar-refractivity contribution in [3.05, 3.63) is 57.8 Å². The van der Waals surface area contributed by atoms with Crippen LogP contribution in [0.2, 0.25) is 0 Å². The third kappa shape index (κ3) is 3.93. The average Bonchev–Trinajstić information content (AvgIpc) is 2.92. The summed E-state index contributed by atoms with van der Waals surface area (Å²) in [4.78, 5) is 23.7. The zero-order valence-corrected chi connectivity index (χ0v) is 11.8. The largest absolute Gasteiger partial charge is 0.366 e. The molecule has 4 nitrogen and oxygen atoms in total. The summed E-state index contributed by atoms with van der Waals surface area (Å²) in [5.74, 6) is -0.488. The second kappa shape index (κ2) is 6.86. The normalized spacial score (nSPS) is 10.2. The predicted octanol–water partition coefficient (Wildman–Crippen LogP) is 2.10. The van der Waals surface area contributed by atoms with Crippen LogP contribution in [0, 0.1) is 0 Å². The Labute approximate surface area is 121 Å². The Morgan fingerprint density at radius 1 is 1.15 bits per heavy atom. The van der Waals surface area contributed by atoms with E-state index in [4.69, 9.17) is 5.73 Å². The molecule has 104 valence electrons. The van der Waals surface area contributed by atoms with E-state index in [0.29, 0.717) is 24.9 Å². The van der Waals surface area contributed by atoms with Crippen molar-refractivity contribution in [1.82, 2.24) is 5.32 Å². The van der Waals surface area contributed by atoms with Crippen LogP contribution in [0.3, 0.4) is 0 Å². The van der Waals surface area contributed by atoms with Crippen molar-refractivity contribution < 1.29 is 9.59 Å². The molecule has 0 fully saturated rings. The molecule has 1 heterocycles. The number of aryl methyl sites for hydroxylation is 1. The standard InChI is InChI=1S/C15H16N2O2S/c16-15(19)12-8-9-20-13(12)10-17-14(18)7-6-11-4-2-1-3-5-11/h1-5,8-9H,6-7,10H2,(H2,16,19)(H,17,18). The number of rotatable bonds is 6. The Kier molecular flexibility index (Phi) is 4.90. The molecule has 2 aromatic rings. The third-order valence-corrected chi connectivity index (χ3v) is 3.86. The van der Waals surface area contributed by atoms with Gasteiger partial charge in [-0.25, -0.2) is 0 Å². The van der Waals surface area contributed by atoms with Gasteiger partial charge in [0.25, 0.3) is 0 Å². The predicted molar refractivity (Wildman–Crippen MR) is 79.4 cm³/mol. The zero-order chi connectivity index (χ0) is 14.4. The fourth-order valence-electron chi connectivity index (χ4n) is 1.87. The molecule has 0 saturated heterocycles. The van der Waals surface area contributed by atoms with Gasteiger partial charge in [-0.1, -0.05) is 30.3 Å². The molecule has 0 aliphatic carbocycles. The van der Waals surface area contributed by atoms with Crippen molar-refractivity contribution in [2.45, 2.75) is 19.4 Å². The summed E-state index contributed by atoms with van der Waals surface area (Å²) in [6, 6.07) is 11.5. The number of thiophene rings is 1. The highest BCUT2D eigenvalue weighted by Gasteiger charge is 2.10. The van der Waals surface area contributed by atoms with Gasteiger partial charge in [0.15, 0.2) is 0 Å². The van der Waals surface area contributed by atoms with Crippen molar-refractivity contribution in [3.8, 4) is 0 Å². The molecular formula is C15H16N2O2S. The third-order valence-electron chi connectivity index (χ3n) is 2.94. The Hall–Kier alpha value is -2.14. The molecule has 0 radical (unpaired) electrons. The Morgan fingerprint density at radius 3 is 2.60 bits per heavy atom. The zero-order valence-electron chi connectivity index (χ0n) is 11.0. The van der Waals surface area contributed by atoms with Crippen LogP contribution in [0.1, 0.15) is 27.2 Å². The van der Waals surface area contributed by atoms with Gasteiger partial charge in [-0.05, 0) is 23.4 Å². The second-order valence-corrected chi connectivity index (χ2v) is 5.38. The van der Waals surface area contributed by atoms with E-state index in [-0.39, 0.29) is 5.91 Å². The van der Waals surface area contributed by atoms with Gasteiger partial charge in [0.05, 0.1) is 12.1 Å². The number of nitrogens with two attached hydrogens (primary N) is 1. The maximum atomic E-state index is 11.8. The molecule has 2 amide bonds. The molecule has 0 aliphatic heterocycles. The first kappa shape index (κ1) is 14.3. The fraction of sp³-hybridized carbons (Fsp3) is 0.200. The molecule has 0 unspecified atom stereocenters. The smallest absolute Gasteiger partial charge is 0.249 e. The number of benzene rings is 1. The summed E-state index contributed by atoms with van der Waals surface area (Å²) in [5, 5.41) is 4.61. The minimum absolute atomic E-state index is 0.0299. The first-order valence-corrected chi connectivity index (χ1v) is 7.21. The van der Waals surface area contributed by atoms with Crippen LogP contribution in [0.5, 0.6) is 0 Å². The monoisotopic (exact) mass is 288 g/mol. The van der Waals surface area contributed by atoms with E-state index in [1.807, 2.05) is 30.3 Å². The molecule has 3 N–H and O–H groups in total. The van der Waals surface area contributed by atoms with Gasteiger partial charge >= 0.3 is 0 Å². The molecule has 1 aromatic heterocycles. The number of hydrogen-bond donors (Lipinski definition) is 2. The highest BCUT2D eigenvalue weighted by atomic mass is 32.1. The van der Waals surface area contributed by atoms with Crippen molar-refractivity contribution >= 4 is 23.2 Å². The van der Waals surface area contributed by atoms with E-state index in [1.54, 1.807) is 11.4 Å². The summed E-state index contributed by atoms with van der Waals surface area (Å²) in [6.45, 7) is 0.351. The number of carbonyl (C=O) groups excluding carboxylic acids is 2. The van der Waals surface area contributed by atoms with Gasteiger partial charge in [0, 0.05) is 11.3 Å². The summed E-state index contributed by atoms with van der Waals surface area (Å²) < 4.78 is 0. The number of primary amides is 1. The molecular weight excluding hydrogens is 272 g/mol. The number of carbonyl (C=O) groups is 2. The molecule has 2 rings (SSSR count). The van der Waals surface area contributed by atoms with Gasteiger partial charge < -0.3 is 11.1 Å². The van der Waals surface area contributed by atoms with Gasteiger partial charge in [-0.3, -0.25) is 9.59 Å². The SMILES string of the molecule is NC(=O)c1ccsc1CNC(=O)CCc1ccccc1. The van der Waals surface area contributed by atoms with Crippen LogP contribution in [0.4, 0.5) is 0 Å². The van der Waals surface area contributed by atoms with E-state index >= 15 is 0 Å². The fourth-order valence-corrected chi connectivity index (χ4v) is 2.69. The van der Waals surface area contributed by atoms with E-state index in [1.165, 1.54) is 11.3 Å². The van der Waals surface area contributed by atoms with Crippen LogP contribution in [0.15, 0.2) is 41.8 Å². The number of hydrogen-bond acceptors (Lipinski definition) is 3. The van der Waals surface area contributed by atoms with Gasteiger partial charge in [0.1, 0.15) is 0 Å². The molecule has 0 bridgehead atoms. The summed E-state index contributed by atoms with van der Waals surface area (Å²) in [5.41, 5.74) is 6.88. The van der Waals surface area contributed by atoms with E-state index in [9.17, 15) is 9.59 Å². The maximum absolute atomic E-state index is 11.8. The lowest BCUT2D eigenvalue weighted by molar-refractivity contribution is -0.121. The van der Waals surface area contributed by atoms with Crippen molar-refractivity contribution in [2.24, 2.45) is 5.73 Å². The van der Waals surface area contributed by atoms with Gasteiger partial charge in [0.2, 0.25) is 11.8 Å². The summed E-state index contributed by atoms with van der Waals surface area (Å²) in [6.07, 6.45) is 1.14. The summed E-state index contributed by atoms with van der Waals surface area (Å²) >= 11 is 1.42. The van der Waals surface area contributed by atoms with Gasteiger partial charge in [-0.15, -0.1) is 11.3 Å². The van der Waals surface area contributed by atoms with Crippen LogP contribution in [0.25, 0.3) is 0 Å². The first-order valence-electron chi connectivity index (χ1n) is 6.33. The molecule has 0 saturated carbocycles. The minimum Gasteiger partial charge on any atom is -0.366 e. The minimum atomic E-state index is -0.459. The van der Waals surface area contributed by atoms with E-state index < -0.39 is 5.91 Å². The van der Waals surface area contributed by atoms with Crippen molar-refractivity contribution in [3.63, 3.8) is 0 Å². The quantitative estimate of drug-likeness (QED) is 0.854. The van der Waals surface area contributed by atoms with E-state index in [0.717, 1.165) is 10.4 Å². The van der Waals surface area contributed by atoms with Crippen molar-refractivity contribution in [2.75, 3.05) is 0 Å². The van der Waals surface area contributed by atoms with Crippen molar-refractivity contribution in [1.29, 1.82) is 0 Å². The molecule has 0 atom stereocenters. The molecule has 5 heteroatoms. The Balaban J connectivity index is 1.80. The Morgan fingerprint density at radius 2 is 1.90 bits per heavy atom. The highest BCUT2D eigenvalue weighted by molar-refractivity contribution is 7.10. The second-order valence-electron chi connectivity index (χ2n) is 4.38. The Bertz CT molecular complexity index is 593. The molecule has 1 aromatic carbocycles. The lowest BCUT2D eigenvalue weighted by Gasteiger charge is -2.05. The topological polar surface area (TPSA) is 72.2 Å². The number of nitrogens with one attached hydrogen (secondary N) is 1. The lowest BCUT2D eigenvalue weighted by atomic mass is 10.1. The molecule has 20 heavy (non-hydrogen) atoms. The van der Waals surface area contributed by atoms with Crippen LogP contribution < -0.4 is 11.1 Å².